The topological polar surface area (TPSA) is 25.8 Å². The Morgan fingerprint density at radius 3 is 1.34 bits per heavy atom. The maximum Gasteiger partial charge on any atom is 0.160 e. The fraction of sp³-hybridized carbons (Fsp3) is 0.0508. The van der Waals surface area contributed by atoms with Crippen molar-refractivity contribution in [2.24, 2.45) is 0 Å². The van der Waals surface area contributed by atoms with E-state index < -0.39 is 0 Å². The van der Waals surface area contributed by atoms with Crippen LogP contribution in [0.3, 0.4) is 0 Å². The molecule has 11 rings (SSSR count). The van der Waals surface area contributed by atoms with E-state index in [4.69, 9.17) is 9.97 Å². The predicted molar refractivity (Wildman–Crippen MR) is 255 cm³/mol. The van der Waals surface area contributed by atoms with Crippen molar-refractivity contribution in [1.82, 2.24) is 9.97 Å². The molecule has 288 valence electrons. The summed E-state index contributed by atoms with van der Waals surface area (Å²) in [5.74, 6) is 0.683. The van der Waals surface area contributed by atoms with Gasteiger partial charge in [0.2, 0.25) is 0 Å². The lowest BCUT2D eigenvalue weighted by molar-refractivity contribution is 0.661. The number of hydrogen-bond donors (Lipinski definition) is 0. The van der Waals surface area contributed by atoms with E-state index in [0.717, 1.165) is 61.5 Å². The van der Waals surface area contributed by atoms with Crippen LogP contribution in [0.1, 0.15) is 25.0 Å². The van der Waals surface area contributed by atoms with Crippen LogP contribution >= 0.6 is 0 Å². The highest BCUT2D eigenvalue weighted by Gasteiger charge is 2.37. The second-order valence-electron chi connectivity index (χ2n) is 16.5. The second-order valence-corrected chi connectivity index (χ2v) is 16.5. The first-order chi connectivity index (χ1) is 30.0. The van der Waals surface area contributed by atoms with Crippen LogP contribution in [0.25, 0.3) is 100 Å². The molecule has 0 unspecified atom stereocenters. The summed E-state index contributed by atoms with van der Waals surface area (Å²) in [5.41, 5.74) is 19.4. The summed E-state index contributed by atoms with van der Waals surface area (Å²) < 4.78 is 0. The Morgan fingerprint density at radius 2 is 0.738 bits per heavy atom. The van der Waals surface area contributed by atoms with Crippen molar-refractivity contribution in [2.75, 3.05) is 0 Å². The average molecular weight is 779 g/mol. The molecule has 2 heteroatoms. The van der Waals surface area contributed by atoms with Crippen molar-refractivity contribution in [3.05, 3.63) is 230 Å². The highest BCUT2D eigenvalue weighted by atomic mass is 14.9. The van der Waals surface area contributed by atoms with Crippen LogP contribution in [-0.4, -0.2) is 9.97 Å². The zero-order valence-corrected chi connectivity index (χ0v) is 34.2. The Kier molecular flexibility index (Phi) is 8.86. The first-order valence-electron chi connectivity index (χ1n) is 21.1. The third-order valence-corrected chi connectivity index (χ3v) is 12.5. The molecular weight excluding hydrogens is 737 g/mol. The van der Waals surface area contributed by atoms with Crippen molar-refractivity contribution in [1.29, 1.82) is 0 Å². The SMILES string of the molecule is CC1(C)c2cc3ccccc3cc2-c2c(-c3cccc(-c4cccc(-c5nc(-c6ccccc6-c6ccccc6)cc(-c6ccccc6-c6ccccc6)n5)c4)c3)cccc21. The third kappa shape index (κ3) is 6.45. The summed E-state index contributed by atoms with van der Waals surface area (Å²) in [7, 11) is 0. The van der Waals surface area contributed by atoms with Crippen LogP contribution in [0, 0.1) is 0 Å². The number of hydrogen-bond acceptors (Lipinski definition) is 2. The van der Waals surface area contributed by atoms with Gasteiger partial charge in [-0.25, -0.2) is 9.97 Å². The molecule has 1 aromatic heterocycles. The number of nitrogens with zero attached hydrogens (tertiary/aromatic N) is 2. The minimum absolute atomic E-state index is 0.104. The zero-order valence-electron chi connectivity index (χ0n) is 34.2. The van der Waals surface area contributed by atoms with Crippen molar-refractivity contribution in [3.8, 4) is 89.5 Å². The van der Waals surface area contributed by atoms with Gasteiger partial charge in [-0.05, 0) is 108 Å². The molecule has 10 aromatic rings. The Balaban J connectivity index is 1.04. The van der Waals surface area contributed by atoms with Crippen molar-refractivity contribution in [2.45, 2.75) is 19.3 Å². The molecule has 2 nitrogen and oxygen atoms in total. The zero-order chi connectivity index (χ0) is 40.9. The molecule has 0 atom stereocenters. The van der Waals surface area contributed by atoms with Gasteiger partial charge < -0.3 is 0 Å². The van der Waals surface area contributed by atoms with Crippen LogP contribution in [0.15, 0.2) is 218 Å². The summed E-state index contributed by atoms with van der Waals surface area (Å²) >= 11 is 0. The molecule has 1 aliphatic rings. The minimum Gasteiger partial charge on any atom is -0.228 e. The summed E-state index contributed by atoms with van der Waals surface area (Å²) in [4.78, 5) is 10.7. The van der Waals surface area contributed by atoms with Gasteiger partial charge in [0.25, 0.3) is 0 Å². The van der Waals surface area contributed by atoms with E-state index in [1.54, 1.807) is 0 Å². The summed E-state index contributed by atoms with van der Waals surface area (Å²) in [6.07, 6.45) is 0. The number of benzene rings is 9. The normalized spacial score (nSPS) is 12.6. The van der Waals surface area contributed by atoms with Crippen molar-refractivity contribution in [3.63, 3.8) is 0 Å². The van der Waals surface area contributed by atoms with Crippen LogP contribution in [0.5, 0.6) is 0 Å². The molecule has 1 heterocycles. The molecule has 0 aliphatic heterocycles. The van der Waals surface area contributed by atoms with E-state index in [2.05, 4.69) is 232 Å². The fourth-order valence-corrected chi connectivity index (χ4v) is 9.42. The molecular formula is C59H42N2. The smallest absolute Gasteiger partial charge is 0.160 e. The maximum absolute atomic E-state index is 5.37. The Morgan fingerprint density at radius 1 is 0.295 bits per heavy atom. The highest BCUT2D eigenvalue weighted by molar-refractivity contribution is 5.99. The summed E-state index contributed by atoms with van der Waals surface area (Å²) in [6, 6.07) is 78.4. The van der Waals surface area contributed by atoms with Gasteiger partial charge in [0.05, 0.1) is 11.4 Å². The van der Waals surface area contributed by atoms with Crippen LogP contribution in [0.4, 0.5) is 0 Å². The predicted octanol–water partition coefficient (Wildman–Crippen LogP) is 15.6. The van der Waals surface area contributed by atoms with Gasteiger partial charge >= 0.3 is 0 Å². The maximum atomic E-state index is 5.37. The molecule has 61 heavy (non-hydrogen) atoms. The Hall–Kier alpha value is -7.68. The van der Waals surface area contributed by atoms with Crippen LogP contribution in [-0.2, 0) is 5.41 Å². The van der Waals surface area contributed by atoms with Crippen molar-refractivity contribution >= 4 is 10.8 Å². The molecule has 0 bridgehead atoms. The lowest BCUT2D eigenvalue weighted by atomic mass is 9.81. The van der Waals surface area contributed by atoms with Gasteiger partial charge in [-0.2, -0.15) is 0 Å². The lowest BCUT2D eigenvalue weighted by Crippen LogP contribution is -2.14. The highest BCUT2D eigenvalue weighted by Crippen LogP contribution is 2.53. The average Bonchev–Trinajstić information content (AvgIpc) is 3.56. The molecule has 0 saturated heterocycles. The van der Waals surface area contributed by atoms with E-state index in [0.29, 0.717) is 5.82 Å². The molecule has 0 spiro atoms. The van der Waals surface area contributed by atoms with E-state index >= 15 is 0 Å². The van der Waals surface area contributed by atoms with Gasteiger partial charge in [-0.3, -0.25) is 0 Å². The summed E-state index contributed by atoms with van der Waals surface area (Å²) in [5, 5.41) is 2.56. The third-order valence-electron chi connectivity index (χ3n) is 12.5. The van der Waals surface area contributed by atoms with Crippen LogP contribution < -0.4 is 0 Å². The molecule has 1 aliphatic carbocycles. The fourth-order valence-electron chi connectivity index (χ4n) is 9.42. The van der Waals surface area contributed by atoms with Crippen LogP contribution in [0.2, 0.25) is 0 Å². The van der Waals surface area contributed by atoms with E-state index in [1.807, 2.05) is 0 Å². The Labute approximate surface area is 357 Å². The van der Waals surface area contributed by atoms with E-state index in [1.165, 1.54) is 44.2 Å². The number of rotatable bonds is 7. The van der Waals surface area contributed by atoms with Gasteiger partial charge in [0.15, 0.2) is 5.82 Å². The van der Waals surface area contributed by atoms with E-state index in [-0.39, 0.29) is 5.41 Å². The van der Waals surface area contributed by atoms with Gasteiger partial charge in [-0.15, -0.1) is 0 Å². The first-order valence-corrected chi connectivity index (χ1v) is 21.1. The lowest BCUT2D eigenvalue weighted by Gasteiger charge is -2.22. The molecule has 0 fully saturated rings. The van der Waals surface area contributed by atoms with Crippen molar-refractivity contribution < 1.29 is 0 Å². The van der Waals surface area contributed by atoms with E-state index in [9.17, 15) is 0 Å². The van der Waals surface area contributed by atoms with Gasteiger partial charge in [-0.1, -0.05) is 202 Å². The van der Waals surface area contributed by atoms with Gasteiger partial charge in [0, 0.05) is 22.1 Å². The monoisotopic (exact) mass is 778 g/mol. The minimum atomic E-state index is -0.104. The van der Waals surface area contributed by atoms with Gasteiger partial charge in [0.1, 0.15) is 0 Å². The Bertz CT molecular complexity index is 3170. The largest absolute Gasteiger partial charge is 0.228 e. The number of fused-ring (bicyclic) bond motifs is 4. The molecule has 0 N–H and O–H groups in total. The second kappa shape index (κ2) is 14.9. The standard InChI is InChI=1S/C59H42N2/c1-59(2)53-33-17-32-49(57(53)52-36-43-22-9-10-23-44(43)37-54(52)59)45-26-15-24-41(34-45)42-25-16-27-46(35-42)58-60-55(50-30-13-11-28-47(50)39-18-5-3-6-19-39)38-56(61-58)51-31-14-12-29-48(51)40-20-7-4-8-21-40/h3-38H,1-2H3. The first kappa shape index (κ1) is 36.4. The molecule has 0 radical (unpaired) electrons. The molecule has 0 saturated carbocycles. The molecule has 9 aromatic carbocycles. The quantitative estimate of drug-likeness (QED) is 0.161. The summed E-state index contributed by atoms with van der Waals surface area (Å²) in [6.45, 7) is 4.72. The number of aromatic nitrogens is 2. The molecule has 0 amide bonds.